The van der Waals surface area contributed by atoms with Crippen molar-refractivity contribution in [3.8, 4) is 0 Å². The summed E-state index contributed by atoms with van der Waals surface area (Å²) in [6, 6.07) is 7.38. The molecule has 1 fully saturated rings. The van der Waals surface area contributed by atoms with Crippen molar-refractivity contribution in [3.05, 3.63) is 34.9 Å². The Morgan fingerprint density at radius 2 is 2.26 bits per heavy atom. The summed E-state index contributed by atoms with van der Waals surface area (Å²) >= 11 is 6.00. The average molecular weight is 283 g/mol. The molecule has 19 heavy (non-hydrogen) atoms. The molecule has 1 aromatic rings. The minimum atomic E-state index is -1.16. The molecule has 0 aliphatic heterocycles. The van der Waals surface area contributed by atoms with Gasteiger partial charge in [-0.15, -0.1) is 0 Å². The Morgan fingerprint density at radius 1 is 1.53 bits per heavy atom. The van der Waals surface area contributed by atoms with Crippen LogP contribution in [0.3, 0.4) is 0 Å². The maximum absolute atomic E-state index is 11.0. The van der Waals surface area contributed by atoms with Crippen molar-refractivity contribution >= 4 is 17.6 Å². The standard InChI is InChI=1S/C15H19ClO3/c1-10-5-6-15(19,9-14(17)18)13(7-10)11-3-2-4-12(16)8-11/h2-4,8,10,13,19H,5-7,9H2,1H3,(H,17,18). The fourth-order valence-electron chi connectivity index (χ4n) is 3.05. The third kappa shape index (κ3) is 3.28. The number of aliphatic hydroxyl groups is 1. The molecule has 1 saturated carbocycles. The molecule has 3 unspecified atom stereocenters. The molecule has 1 aliphatic rings. The summed E-state index contributed by atoms with van der Waals surface area (Å²) in [6.07, 6.45) is 1.97. The molecule has 4 heteroatoms. The predicted molar refractivity (Wildman–Crippen MR) is 74.4 cm³/mol. The number of hydrogen-bond acceptors (Lipinski definition) is 2. The Labute approximate surface area is 118 Å². The van der Waals surface area contributed by atoms with Gasteiger partial charge in [-0.3, -0.25) is 4.79 Å². The zero-order chi connectivity index (χ0) is 14.0. The van der Waals surface area contributed by atoms with E-state index in [1.165, 1.54) is 0 Å². The highest BCUT2D eigenvalue weighted by Crippen LogP contribution is 2.45. The van der Waals surface area contributed by atoms with Crippen molar-refractivity contribution in [2.75, 3.05) is 0 Å². The van der Waals surface area contributed by atoms with E-state index < -0.39 is 11.6 Å². The number of rotatable bonds is 3. The van der Waals surface area contributed by atoms with Crippen LogP contribution in [0, 0.1) is 5.92 Å². The van der Waals surface area contributed by atoms with Gasteiger partial charge < -0.3 is 10.2 Å². The van der Waals surface area contributed by atoms with Gasteiger partial charge in [0.15, 0.2) is 0 Å². The van der Waals surface area contributed by atoms with E-state index in [0.29, 0.717) is 17.4 Å². The fraction of sp³-hybridized carbons (Fsp3) is 0.533. The number of carboxylic acids is 1. The van der Waals surface area contributed by atoms with E-state index in [1.54, 1.807) is 6.07 Å². The first-order valence-corrected chi connectivity index (χ1v) is 6.98. The van der Waals surface area contributed by atoms with Crippen LogP contribution in [0.15, 0.2) is 24.3 Å². The molecule has 1 aromatic carbocycles. The quantitative estimate of drug-likeness (QED) is 0.893. The van der Waals surface area contributed by atoms with Gasteiger partial charge in [0.1, 0.15) is 0 Å². The van der Waals surface area contributed by atoms with Gasteiger partial charge in [-0.25, -0.2) is 0 Å². The molecule has 1 aliphatic carbocycles. The van der Waals surface area contributed by atoms with Crippen molar-refractivity contribution in [3.63, 3.8) is 0 Å². The van der Waals surface area contributed by atoms with E-state index in [-0.39, 0.29) is 12.3 Å². The molecule has 0 spiro atoms. The summed E-state index contributed by atoms with van der Waals surface area (Å²) in [6.45, 7) is 2.14. The van der Waals surface area contributed by atoms with Crippen LogP contribution in [-0.4, -0.2) is 21.8 Å². The van der Waals surface area contributed by atoms with Gasteiger partial charge in [-0.05, 0) is 42.9 Å². The summed E-state index contributed by atoms with van der Waals surface area (Å²) in [7, 11) is 0. The Hall–Kier alpha value is -1.06. The predicted octanol–water partition coefficient (Wildman–Crippen LogP) is 3.45. The zero-order valence-electron chi connectivity index (χ0n) is 11.0. The van der Waals surface area contributed by atoms with Gasteiger partial charge in [0.25, 0.3) is 0 Å². The topological polar surface area (TPSA) is 57.5 Å². The molecule has 104 valence electrons. The van der Waals surface area contributed by atoms with Crippen LogP contribution in [0.2, 0.25) is 5.02 Å². The average Bonchev–Trinajstić information content (AvgIpc) is 2.31. The Balaban J connectivity index is 2.33. The third-order valence-electron chi connectivity index (χ3n) is 4.07. The summed E-state index contributed by atoms with van der Waals surface area (Å²) in [4.78, 5) is 11.0. The van der Waals surface area contributed by atoms with Gasteiger partial charge in [-0.2, -0.15) is 0 Å². The molecule has 0 amide bonds. The lowest BCUT2D eigenvalue weighted by molar-refractivity contribution is -0.145. The minimum absolute atomic E-state index is 0.161. The van der Waals surface area contributed by atoms with Crippen LogP contribution >= 0.6 is 11.6 Å². The molecule has 0 heterocycles. The van der Waals surface area contributed by atoms with Gasteiger partial charge >= 0.3 is 5.97 Å². The first-order chi connectivity index (χ1) is 8.90. The highest BCUT2D eigenvalue weighted by Gasteiger charge is 2.43. The molecular weight excluding hydrogens is 264 g/mol. The van der Waals surface area contributed by atoms with Gasteiger partial charge in [0, 0.05) is 10.9 Å². The number of aliphatic carboxylic acids is 1. The van der Waals surface area contributed by atoms with E-state index in [2.05, 4.69) is 6.92 Å². The second kappa shape index (κ2) is 5.51. The number of halogens is 1. The normalized spacial score (nSPS) is 31.1. The lowest BCUT2D eigenvalue weighted by atomic mass is 9.67. The van der Waals surface area contributed by atoms with Gasteiger partial charge in [0.2, 0.25) is 0 Å². The van der Waals surface area contributed by atoms with E-state index >= 15 is 0 Å². The Morgan fingerprint density at radius 3 is 2.89 bits per heavy atom. The van der Waals surface area contributed by atoms with Crippen molar-refractivity contribution < 1.29 is 15.0 Å². The number of carboxylic acid groups (broad SMARTS) is 1. The molecule has 0 saturated heterocycles. The summed E-state index contributed by atoms with van der Waals surface area (Å²) in [5, 5.41) is 20.4. The molecule has 3 atom stereocenters. The summed E-state index contributed by atoms with van der Waals surface area (Å²) < 4.78 is 0. The molecular formula is C15H19ClO3. The number of benzene rings is 1. The zero-order valence-corrected chi connectivity index (χ0v) is 11.7. The second-order valence-corrected chi connectivity index (χ2v) is 6.10. The van der Waals surface area contributed by atoms with Crippen LogP contribution in [0.25, 0.3) is 0 Å². The van der Waals surface area contributed by atoms with Crippen LogP contribution in [0.4, 0.5) is 0 Å². The fourth-order valence-corrected chi connectivity index (χ4v) is 3.25. The molecule has 3 nitrogen and oxygen atoms in total. The first kappa shape index (κ1) is 14.4. The van der Waals surface area contributed by atoms with E-state index in [9.17, 15) is 9.90 Å². The van der Waals surface area contributed by atoms with Crippen LogP contribution in [0.1, 0.15) is 44.1 Å². The Bertz CT molecular complexity index is 474. The summed E-state index contributed by atoms with van der Waals surface area (Å²) in [5.41, 5.74) is -0.231. The lowest BCUT2D eigenvalue weighted by Crippen LogP contribution is -2.42. The van der Waals surface area contributed by atoms with Gasteiger partial charge in [-0.1, -0.05) is 30.7 Å². The minimum Gasteiger partial charge on any atom is -0.481 e. The Kier molecular flexibility index (Phi) is 4.16. The van der Waals surface area contributed by atoms with Gasteiger partial charge in [0.05, 0.1) is 12.0 Å². The molecule has 2 N–H and O–H groups in total. The lowest BCUT2D eigenvalue weighted by Gasteiger charge is -2.42. The van der Waals surface area contributed by atoms with Crippen molar-refractivity contribution in [1.82, 2.24) is 0 Å². The highest BCUT2D eigenvalue weighted by atomic mass is 35.5. The van der Waals surface area contributed by atoms with Crippen molar-refractivity contribution in [2.24, 2.45) is 5.92 Å². The first-order valence-electron chi connectivity index (χ1n) is 6.60. The maximum atomic E-state index is 11.0. The van der Waals surface area contributed by atoms with E-state index in [0.717, 1.165) is 18.4 Å². The highest BCUT2D eigenvalue weighted by molar-refractivity contribution is 6.30. The smallest absolute Gasteiger partial charge is 0.306 e. The second-order valence-electron chi connectivity index (χ2n) is 5.66. The molecule has 0 aromatic heterocycles. The van der Waals surface area contributed by atoms with E-state index in [4.69, 9.17) is 16.7 Å². The van der Waals surface area contributed by atoms with Crippen LogP contribution in [-0.2, 0) is 4.79 Å². The van der Waals surface area contributed by atoms with Crippen molar-refractivity contribution in [1.29, 1.82) is 0 Å². The van der Waals surface area contributed by atoms with Crippen molar-refractivity contribution in [2.45, 2.75) is 44.1 Å². The third-order valence-corrected chi connectivity index (χ3v) is 4.30. The number of hydrogen-bond donors (Lipinski definition) is 2. The maximum Gasteiger partial charge on any atom is 0.306 e. The van der Waals surface area contributed by atoms with Crippen LogP contribution < -0.4 is 0 Å². The molecule has 0 bridgehead atoms. The van der Waals surface area contributed by atoms with Crippen LogP contribution in [0.5, 0.6) is 0 Å². The molecule has 0 radical (unpaired) electrons. The van der Waals surface area contributed by atoms with E-state index in [1.807, 2.05) is 18.2 Å². The molecule has 2 rings (SSSR count). The SMILES string of the molecule is CC1CCC(O)(CC(=O)O)C(c2cccc(Cl)c2)C1. The number of carbonyl (C=O) groups is 1. The summed E-state index contributed by atoms with van der Waals surface area (Å²) in [5.74, 6) is -0.631. The largest absolute Gasteiger partial charge is 0.481 e. The monoisotopic (exact) mass is 282 g/mol.